The lowest BCUT2D eigenvalue weighted by Crippen LogP contribution is -1.98. The minimum Gasteiger partial charge on any atom is -0.507 e. The topological polar surface area (TPSA) is 55.8 Å². The van der Waals surface area contributed by atoms with Gasteiger partial charge in [-0.3, -0.25) is 4.79 Å². The van der Waals surface area contributed by atoms with Crippen LogP contribution in [0.5, 0.6) is 11.5 Å². The van der Waals surface area contributed by atoms with Gasteiger partial charge in [0, 0.05) is 7.11 Å². The van der Waals surface area contributed by atoms with Gasteiger partial charge >= 0.3 is 0 Å². The zero-order valence-corrected chi connectivity index (χ0v) is 15.4. The molecule has 0 aromatic heterocycles. The average molecular weight is 352 g/mol. The van der Waals surface area contributed by atoms with Gasteiger partial charge in [-0.1, -0.05) is 42.0 Å². The van der Waals surface area contributed by atoms with Crippen molar-refractivity contribution in [3.8, 4) is 11.5 Å². The number of hydrogen-bond donors (Lipinski definition) is 1. The van der Waals surface area contributed by atoms with Gasteiger partial charge in [0.05, 0.1) is 5.56 Å². The Morgan fingerprint density at radius 2 is 1.85 bits per heavy atom. The fraction of sp³-hybridized carbons (Fsp3) is 0.227. The second-order valence-electron chi connectivity index (χ2n) is 6.12. The van der Waals surface area contributed by atoms with E-state index in [-0.39, 0.29) is 18.3 Å². The summed E-state index contributed by atoms with van der Waals surface area (Å²) in [7, 11) is 1.56. The Balaban J connectivity index is 2.10. The van der Waals surface area contributed by atoms with E-state index in [0.29, 0.717) is 17.7 Å². The van der Waals surface area contributed by atoms with E-state index in [1.165, 1.54) is 11.6 Å². The van der Waals surface area contributed by atoms with Crippen molar-refractivity contribution < 1.29 is 19.4 Å². The lowest BCUT2D eigenvalue weighted by atomic mass is 10.0. The third-order valence-corrected chi connectivity index (χ3v) is 3.77. The molecule has 136 valence electrons. The van der Waals surface area contributed by atoms with E-state index >= 15 is 0 Å². The zero-order chi connectivity index (χ0) is 18.9. The van der Waals surface area contributed by atoms with Gasteiger partial charge in [0.25, 0.3) is 0 Å². The molecule has 0 amide bonds. The lowest BCUT2D eigenvalue weighted by Gasteiger charge is -2.06. The van der Waals surface area contributed by atoms with E-state index in [2.05, 4.69) is 0 Å². The maximum atomic E-state index is 12.4. The van der Waals surface area contributed by atoms with Crippen molar-refractivity contribution in [1.82, 2.24) is 0 Å². The summed E-state index contributed by atoms with van der Waals surface area (Å²) in [5.41, 5.74) is 3.08. The van der Waals surface area contributed by atoms with E-state index in [0.717, 1.165) is 11.1 Å². The molecule has 2 rings (SSSR count). The van der Waals surface area contributed by atoms with Crippen LogP contribution in [-0.2, 0) is 11.2 Å². The maximum Gasteiger partial charge on any atom is 0.189 e. The van der Waals surface area contributed by atoms with E-state index in [4.69, 9.17) is 9.47 Å². The number of carbonyl (C=O) groups excluding carboxylic acids is 1. The first-order valence-corrected chi connectivity index (χ1v) is 8.39. The quantitative estimate of drug-likeness (QED) is 0.321. The highest BCUT2D eigenvalue weighted by molar-refractivity contribution is 6.08. The van der Waals surface area contributed by atoms with Crippen molar-refractivity contribution in [1.29, 1.82) is 0 Å². The van der Waals surface area contributed by atoms with Crippen LogP contribution >= 0.6 is 0 Å². The highest BCUT2D eigenvalue weighted by Crippen LogP contribution is 2.24. The molecule has 1 N–H and O–H groups in total. The molecule has 0 unspecified atom stereocenters. The van der Waals surface area contributed by atoms with Crippen LogP contribution in [-0.4, -0.2) is 24.8 Å². The van der Waals surface area contributed by atoms with E-state index < -0.39 is 0 Å². The molecule has 0 saturated heterocycles. The van der Waals surface area contributed by atoms with Crippen LogP contribution in [0.15, 0.2) is 60.2 Å². The molecule has 4 nitrogen and oxygen atoms in total. The molecule has 0 radical (unpaired) electrons. The number of ether oxygens (including phenoxy) is 2. The summed E-state index contributed by atoms with van der Waals surface area (Å²) in [6, 6.07) is 12.6. The zero-order valence-electron chi connectivity index (χ0n) is 15.4. The van der Waals surface area contributed by atoms with Crippen LogP contribution in [0.2, 0.25) is 0 Å². The Labute approximate surface area is 154 Å². The molecule has 4 heteroatoms. The van der Waals surface area contributed by atoms with E-state index in [1.54, 1.807) is 37.5 Å². The fourth-order valence-corrected chi connectivity index (χ4v) is 2.33. The number of ketones is 1. The molecule has 2 aromatic rings. The largest absolute Gasteiger partial charge is 0.507 e. The maximum absolute atomic E-state index is 12.4. The smallest absolute Gasteiger partial charge is 0.189 e. The number of phenolic OH excluding ortho intramolecular Hbond substituents is 1. The number of carbonyl (C=O) groups is 1. The van der Waals surface area contributed by atoms with Crippen LogP contribution < -0.4 is 4.74 Å². The molecular weight excluding hydrogens is 328 g/mol. The molecule has 0 aliphatic rings. The first-order valence-electron chi connectivity index (χ1n) is 8.39. The number of para-hydroxylation sites is 1. The van der Waals surface area contributed by atoms with Crippen molar-refractivity contribution in [3.05, 3.63) is 76.9 Å². The Morgan fingerprint density at radius 3 is 2.50 bits per heavy atom. The van der Waals surface area contributed by atoms with Crippen LogP contribution in [0.1, 0.15) is 35.3 Å². The van der Waals surface area contributed by atoms with Crippen molar-refractivity contribution in [3.63, 3.8) is 0 Å². The van der Waals surface area contributed by atoms with Crippen LogP contribution in [0, 0.1) is 0 Å². The summed E-state index contributed by atoms with van der Waals surface area (Å²) in [5, 5.41) is 10.4. The van der Waals surface area contributed by atoms with Gasteiger partial charge in [0.1, 0.15) is 11.5 Å². The second kappa shape index (κ2) is 9.59. The summed E-state index contributed by atoms with van der Waals surface area (Å²) in [6.45, 7) is 4.19. The Bertz CT molecular complexity index is 797. The predicted molar refractivity (Wildman–Crippen MR) is 104 cm³/mol. The van der Waals surface area contributed by atoms with Gasteiger partial charge < -0.3 is 14.6 Å². The van der Waals surface area contributed by atoms with Gasteiger partial charge in [-0.05, 0) is 55.7 Å². The first kappa shape index (κ1) is 19.5. The number of phenols is 1. The predicted octanol–water partition coefficient (Wildman–Crippen LogP) is 4.78. The highest BCUT2D eigenvalue weighted by Gasteiger charge is 2.11. The molecule has 0 heterocycles. The minimum atomic E-state index is -0.235. The number of rotatable bonds is 8. The van der Waals surface area contributed by atoms with Gasteiger partial charge in [0.2, 0.25) is 0 Å². The van der Waals surface area contributed by atoms with Gasteiger partial charge in [-0.25, -0.2) is 0 Å². The number of aromatic hydroxyl groups is 1. The Morgan fingerprint density at radius 1 is 1.12 bits per heavy atom. The Hall–Kier alpha value is -2.85. The number of methoxy groups -OCH3 is 1. The molecule has 0 saturated carbocycles. The van der Waals surface area contributed by atoms with Gasteiger partial charge in [-0.2, -0.15) is 0 Å². The third-order valence-electron chi connectivity index (χ3n) is 3.77. The van der Waals surface area contributed by atoms with Crippen molar-refractivity contribution in [2.75, 3.05) is 13.9 Å². The second-order valence-corrected chi connectivity index (χ2v) is 6.12. The normalized spacial score (nSPS) is 10.7. The third kappa shape index (κ3) is 5.60. The molecule has 2 aromatic carbocycles. The van der Waals surface area contributed by atoms with Gasteiger partial charge in [0.15, 0.2) is 12.6 Å². The highest BCUT2D eigenvalue weighted by atomic mass is 16.7. The van der Waals surface area contributed by atoms with Crippen molar-refractivity contribution in [2.45, 2.75) is 20.3 Å². The van der Waals surface area contributed by atoms with Crippen LogP contribution in [0.3, 0.4) is 0 Å². The summed E-state index contributed by atoms with van der Waals surface area (Å²) >= 11 is 0. The summed E-state index contributed by atoms with van der Waals surface area (Å²) in [6.07, 6.45) is 5.80. The van der Waals surface area contributed by atoms with E-state index in [1.807, 2.05) is 38.1 Å². The number of allylic oxidation sites excluding steroid dienone is 3. The average Bonchev–Trinajstić information content (AvgIpc) is 2.64. The van der Waals surface area contributed by atoms with Crippen LogP contribution in [0.4, 0.5) is 0 Å². The standard InChI is InChI=1S/C22H24O4/c1-16(2)7-11-18-5-4-6-20(22(18)24)21(23)14-10-17-8-12-19(13-9-17)26-15-25-3/h4-10,12-14,24H,11,15H2,1-3H3/b14-10+. The van der Waals surface area contributed by atoms with E-state index in [9.17, 15) is 9.90 Å². The molecule has 0 aliphatic heterocycles. The van der Waals surface area contributed by atoms with Gasteiger partial charge in [-0.15, -0.1) is 0 Å². The Kier molecular flexibility index (Phi) is 7.18. The fourth-order valence-electron chi connectivity index (χ4n) is 2.33. The molecule has 0 fully saturated rings. The molecular formula is C22H24O4. The first-order chi connectivity index (χ1) is 12.5. The van der Waals surface area contributed by atoms with Crippen molar-refractivity contribution in [2.24, 2.45) is 0 Å². The monoisotopic (exact) mass is 352 g/mol. The lowest BCUT2D eigenvalue weighted by molar-refractivity contribution is 0.0511. The molecule has 26 heavy (non-hydrogen) atoms. The molecule has 0 spiro atoms. The summed E-state index contributed by atoms with van der Waals surface area (Å²) in [5.74, 6) is 0.504. The minimum absolute atomic E-state index is 0.0444. The summed E-state index contributed by atoms with van der Waals surface area (Å²) in [4.78, 5) is 12.4. The number of hydrogen-bond acceptors (Lipinski definition) is 4. The SMILES string of the molecule is COCOc1ccc(/C=C/C(=O)c2cccc(CC=C(C)C)c2O)cc1. The number of benzene rings is 2. The molecule has 0 aliphatic carbocycles. The molecule has 0 atom stereocenters. The van der Waals surface area contributed by atoms with Crippen molar-refractivity contribution >= 4 is 11.9 Å². The molecule has 0 bridgehead atoms. The van der Waals surface area contributed by atoms with Crippen LogP contribution in [0.25, 0.3) is 6.08 Å². The summed E-state index contributed by atoms with van der Waals surface area (Å²) < 4.78 is 10.2.